The number of nitrogens with one attached hydrogen (secondary N) is 2. The molecule has 1 fully saturated rings. The number of amides is 2. The minimum absolute atomic E-state index is 0.00126. The first-order chi connectivity index (χ1) is 17.0. The van der Waals surface area contributed by atoms with E-state index in [1.54, 1.807) is 5.32 Å². The molecule has 6 nitrogen and oxygen atoms in total. The third-order valence-corrected chi connectivity index (χ3v) is 5.80. The monoisotopic (exact) mass is 542 g/mol. The van der Waals surface area contributed by atoms with Crippen LogP contribution < -0.4 is 20.1 Å². The summed E-state index contributed by atoms with van der Waals surface area (Å²) in [5, 5.41) is 4.08. The molecule has 1 aliphatic heterocycles. The number of carbonyl (C=O) groups excluding carboxylic acids is 2. The number of benzene rings is 2. The fourth-order valence-electron chi connectivity index (χ4n) is 4.31. The molecule has 2 aliphatic rings. The molecule has 2 aromatic carbocycles. The van der Waals surface area contributed by atoms with Crippen molar-refractivity contribution in [3.05, 3.63) is 47.5 Å². The van der Waals surface area contributed by atoms with Gasteiger partial charge in [-0.3, -0.25) is 9.59 Å². The standard InChI is InChI=1S/C22H15F9N2O4/c23-20(24,25)16-6-5-13(18(34)32-16)19(35)33-17-14-7-9(36-21(26,27)28)1-3-11(14)12-4-2-10(8-15(12)17)37-22(29,30)31/h1-4,7-8,13,16-17H,5-6H2,(H,32,34)(H,33,35). The second-order valence-corrected chi connectivity index (χ2v) is 8.27. The fraction of sp³-hybridized carbons (Fsp3) is 0.364. The minimum Gasteiger partial charge on any atom is -0.406 e. The van der Waals surface area contributed by atoms with Crippen LogP contribution in [0.2, 0.25) is 0 Å². The lowest BCUT2D eigenvalue weighted by Crippen LogP contribution is -2.54. The van der Waals surface area contributed by atoms with Gasteiger partial charge in [-0.15, -0.1) is 26.3 Å². The van der Waals surface area contributed by atoms with E-state index in [1.807, 2.05) is 0 Å². The van der Waals surface area contributed by atoms with Crippen LogP contribution in [0.5, 0.6) is 11.5 Å². The molecule has 1 heterocycles. The predicted molar refractivity (Wildman–Crippen MR) is 106 cm³/mol. The first-order valence-corrected chi connectivity index (χ1v) is 10.5. The number of rotatable bonds is 4. The third-order valence-electron chi connectivity index (χ3n) is 5.80. The highest BCUT2D eigenvalue weighted by Gasteiger charge is 2.46. The number of alkyl halides is 9. The first-order valence-electron chi connectivity index (χ1n) is 10.5. The molecule has 0 spiro atoms. The van der Waals surface area contributed by atoms with Crippen molar-refractivity contribution in [2.45, 2.75) is 43.8 Å². The average Bonchev–Trinajstić information content (AvgIpc) is 3.03. The van der Waals surface area contributed by atoms with Gasteiger partial charge < -0.3 is 20.1 Å². The largest absolute Gasteiger partial charge is 0.573 e. The highest BCUT2D eigenvalue weighted by Crippen LogP contribution is 2.47. The van der Waals surface area contributed by atoms with Gasteiger partial charge in [0.1, 0.15) is 23.5 Å². The van der Waals surface area contributed by atoms with E-state index < -0.39 is 73.1 Å². The number of halogens is 9. The predicted octanol–water partition coefficient (Wildman–Crippen LogP) is 5.13. The van der Waals surface area contributed by atoms with Gasteiger partial charge >= 0.3 is 18.9 Å². The molecular weight excluding hydrogens is 527 g/mol. The van der Waals surface area contributed by atoms with Crippen molar-refractivity contribution in [1.29, 1.82) is 0 Å². The van der Waals surface area contributed by atoms with Crippen molar-refractivity contribution < 1.29 is 58.6 Å². The Morgan fingerprint density at radius 1 is 0.811 bits per heavy atom. The van der Waals surface area contributed by atoms with E-state index in [2.05, 4.69) is 14.8 Å². The van der Waals surface area contributed by atoms with Gasteiger partial charge in [0.15, 0.2) is 0 Å². The molecule has 15 heteroatoms. The van der Waals surface area contributed by atoms with E-state index >= 15 is 0 Å². The third kappa shape index (κ3) is 5.85. The maximum absolute atomic E-state index is 12.9. The summed E-state index contributed by atoms with van der Waals surface area (Å²) in [4.78, 5) is 25.1. The van der Waals surface area contributed by atoms with Crippen LogP contribution in [0.1, 0.15) is 30.0 Å². The van der Waals surface area contributed by atoms with Gasteiger partial charge in [0.25, 0.3) is 0 Å². The second kappa shape index (κ2) is 9.03. The molecule has 0 radical (unpaired) electrons. The van der Waals surface area contributed by atoms with Gasteiger partial charge in [0.05, 0.1) is 6.04 Å². The Labute approximate surface area is 201 Å². The molecule has 1 aliphatic carbocycles. The quantitative estimate of drug-likeness (QED) is 0.415. The van der Waals surface area contributed by atoms with E-state index in [1.165, 1.54) is 12.1 Å². The van der Waals surface area contributed by atoms with Crippen LogP contribution in [-0.4, -0.2) is 36.8 Å². The first kappa shape index (κ1) is 26.4. The summed E-state index contributed by atoms with van der Waals surface area (Å²) >= 11 is 0. The molecule has 1 saturated heterocycles. The Bertz CT molecular complexity index is 1160. The Morgan fingerprint density at radius 3 is 1.70 bits per heavy atom. The molecule has 2 unspecified atom stereocenters. The van der Waals surface area contributed by atoms with Crippen LogP contribution in [0.25, 0.3) is 11.1 Å². The maximum Gasteiger partial charge on any atom is 0.573 e. The summed E-state index contributed by atoms with van der Waals surface area (Å²) < 4.78 is 123. The van der Waals surface area contributed by atoms with Crippen LogP contribution in [0.3, 0.4) is 0 Å². The number of fused-ring (bicyclic) bond motifs is 3. The molecular formula is C22H15F9N2O4. The Morgan fingerprint density at radius 2 is 1.30 bits per heavy atom. The summed E-state index contributed by atoms with van der Waals surface area (Å²) in [6, 6.07) is 2.65. The summed E-state index contributed by atoms with van der Waals surface area (Å²) in [7, 11) is 0. The number of hydrogen-bond acceptors (Lipinski definition) is 4. The molecule has 2 N–H and O–H groups in total. The van der Waals surface area contributed by atoms with Crippen LogP contribution in [0, 0.1) is 5.92 Å². The maximum atomic E-state index is 12.9. The van der Waals surface area contributed by atoms with Gasteiger partial charge in [0.2, 0.25) is 11.8 Å². The number of carbonyl (C=O) groups is 2. The van der Waals surface area contributed by atoms with Crippen LogP contribution >= 0.6 is 0 Å². The Balaban J connectivity index is 1.67. The lowest BCUT2D eigenvalue weighted by atomic mass is 9.92. The molecule has 2 atom stereocenters. The molecule has 0 saturated carbocycles. The fourth-order valence-corrected chi connectivity index (χ4v) is 4.31. The topological polar surface area (TPSA) is 76.7 Å². The van der Waals surface area contributed by atoms with Gasteiger partial charge in [-0.25, -0.2) is 0 Å². The van der Waals surface area contributed by atoms with E-state index in [4.69, 9.17) is 0 Å². The van der Waals surface area contributed by atoms with Crippen LogP contribution in [0.4, 0.5) is 39.5 Å². The average molecular weight is 542 g/mol. The van der Waals surface area contributed by atoms with E-state index in [0.717, 1.165) is 24.3 Å². The summed E-state index contributed by atoms with van der Waals surface area (Å²) in [5.41, 5.74) is 0.495. The van der Waals surface area contributed by atoms with E-state index in [9.17, 15) is 49.1 Å². The SMILES string of the molecule is O=C(NC1c2cc(OC(F)(F)F)ccc2-c2ccc(OC(F)(F)F)cc21)C1CCC(C(F)(F)F)NC1=O. The Hall–Kier alpha value is -3.65. The van der Waals surface area contributed by atoms with Crippen molar-refractivity contribution >= 4 is 11.8 Å². The molecule has 37 heavy (non-hydrogen) atoms. The van der Waals surface area contributed by atoms with Crippen molar-refractivity contribution in [3.63, 3.8) is 0 Å². The van der Waals surface area contributed by atoms with Gasteiger partial charge in [0, 0.05) is 0 Å². The van der Waals surface area contributed by atoms with Crippen molar-refractivity contribution in [1.82, 2.24) is 10.6 Å². The smallest absolute Gasteiger partial charge is 0.406 e. The lowest BCUT2D eigenvalue weighted by Gasteiger charge is -2.30. The van der Waals surface area contributed by atoms with Crippen molar-refractivity contribution in [2.24, 2.45) is 5.92 Å². The lowest BCUT2D eigenvalue weighted by molar-refractivity contribution is -0.275. The minimum atomic E-state index is -5.07. The Kier molecular flexibility index (Phi) is 6.44. The molecule has 0 bridgehead atoms. The van der Waals surface area contributed by atoms with Crippen LogP contribution in [0.15, 0.2) is 36.4 Å². The number of hydrogen-bond donors (Lipinski definition) is 2. The number of ether oxygens (including phenoxy) is 2. The zero-order valence-electron chi connectivity index (χ0n) is 18.1. The van der Waals surface area contributed by atoms with Crippen LogP contribution in [-0.2, 0) is 9.59 Å². The molecule has 4 rings (SSSR count). The van der Waals surface area contributed by atoms with Gasteiger partial charge in [-0.05, 0) is 59.4 Å². The van der Waals surface area contributed by atoms with E-state index in [-0.39, 0.29) is 22.3 Å². The number of piperidine rings is 1. The summed E-state index contributed by atoms with van der Waals surface area (Å²) in [5.74, 6) is -5.23. The molecule has 2 aromatic rings. The van der Waals surface area contributed by atoms with Gasteiger partial charge in [-0.1, -0.05) is 12.1 Å². The molecule has 0 aromatic heterocycles. The zero-order chi connectivity index (χ0) is 27.3. The second-order valence-electron chi connectivity index (χ2n) is 8.27. The van der Waals surface area contributed by atoms with Gasteiger partial charge in [-0.2, -0.15) is 13.2 Å². The summed E-state index contributed by atoms with van der Waals surface area (Å²) in [6.07, 6.45) is -16.0. The van der Waals surface area contributed by atoms with E-state index in [0.29, 0.717) is 0 Å². The highest BCUT2D eigenvalue weighted by molar-refractivity contribution is 6.01. The highest BCUT2D eigenvalue weighted by atomic mass is 19.4. The summed E-state index contributed by atoms with van der Waals surface area (Å²) in [6.45, 7) is 0. The molecule has 200 valence electrons. The normalized spacial score (nSPS) is 20.1. The van der Waals surface area contributed by atoms with Crippen molar-refractivity contribution in [3.8, 4) is 22.6 Å². The molecule has 2 amide bonds. The zero-order valence-corrected chi connectivity index (χ0v) is 18.1. The van der Waals surface area contributed by atoms with Crippen molar-refractivity contribution in [2.75, 3.05) is 0 Å².